The molecular weight excluding hydrogens is 432 g/mol. The molecule has 8 heteroatoms. The topological polar surface area (TPSA) is 84.0 Å². The minimum atomic E-state index is -0.926. The van der Waals surface area contributed by atoms with E-state index in [0.29, 0.717) is 16.3 Å². The Balaban J connectivity index is 1.78. The van der Waals surface area contributed by atoms with Gasteiger partial charge in [-0.25, -0.2) is 9.69 Å². The third kappa shape index (κ3) is 5.06. The van der Waals surface area contributed by atoms with Crippen molar-refractivity contribution in [2.75, 3.05) is 18.1 Å². The Morgan fingerprint density at radius 3 is 2.41 bits per heavy atom. The molecule has 0 saturated carbocycles. The zero-order valence-corrected chi connectivity index (χ0v) is 18.4. The fourth-order valence-electron chi connectivity index (χ4n) is 3.51. The minimum absolute atomic E-state index is 0.0667. The van der Waals surface area contributed by atoms with Crippen LogP contribution in [-0.2, 0) is 25.5 Å². The summed E-state index contributed by atoms with van der Waals surface area (Å²) in [6, 6.07) is 11.9. The van der Waals surface area contributed by atoms with E-state index in [4.69, 9.17) is 16.3 Å². The molecule has 1 heterocycles. The minimum Gasteiger partial charge on any atom is -0.462 e. The van der Waals surface area contributed by atoms with Gasteiger partial charge in [0, 0.05) is 11.6 Å². The summed E-state index contributed by atoms with van der Waals surface area (Å²) in [6.45, 7) is 5.75. The molecule has 2 aromatic rings. The molecule has 32 heavy (non-hydrogen) atoms. The summed E-state index contributed by atoms with van der Waals surface area (Å²) in [4.78, 5) is 53.0. The Labute approximate surface area is 191 Å². The number of anilines is 1. The van der Waals surface area contributed by atoms with Gasteiger partial charge in [0.25, 0.3) is 5.91 Å². The predicted octanol–water partition coefficient (Wildman–Crippen LogP) is 3.41. The first-order chi connectivity index (χ1) is 15.3. The normalized spacial score (nSPS) is 15.6. The number of nitrogens with zero attached hydrogens (tertiary/aromatic N) is 2. The van der Waals surface area contributed by atoms with Gasteiger partial charge in [0.05, 0.1) is 30.7 Å². The molecule has 1 atom stereocenters. The number of ether oxygens (including phenoxy) is 1. The number of halogens is 1. The van der Waals surface area contributed by atoms with Crippen molar-refractivity contribution < 1.29 is 23.9 Å². The van der Waals surface area contributed by atoms with Crippen molar-refractivity contribution in [2.45, 2.75) is 25.8 Å². The van der Waals surface area contributed by atoms with E-state index < -0.39 is 23.8 Å². The second-order valence-corrected chi connectivity index (χ2v) is 7.63. The van der Waals surface area contributed by atoms with Gasteiger partial charge >= 0.3 is 5.97 Å². The predicted molar refractivity (Wildman–Crippen MR) is 120 cm³/mol. The zero-order valence-electron chi connectivity index (χ0n) is 17.6. The van der Waals surface area contributed by atoms with E-state index in [1.807, 2.05) is 0 Å². The molecule has 7 nitrogen and oxygen atoms in total. The number of rotatable bonds is 8. The van der Waals surface area contributed by atoms with Crippen molar-refractivity contribution >= 4 is 41.0 Å². The number of esters is 1. The maximum Gasteiger partial charge on any atom is 0.338 e. The summed E-state index contributed by atoms with van der Waals surface area (Å²) < 4.78 is 4.95. The van der Waals surface area contributed by atoms with Crippen LogP contribution < -0.4 is 4.90 Å². The largest absolute Gasteiger partial charge is 0.462 e. The SMILES string of the molecule is C=CCN(C(=O)Cc1ccc(Cl)cc1)C1CC(=O)N(c2ccc(C(=O)OCC)cc2)C1=O. The van der Waals surface area contributed by atoms with E-state index in [1.165, 1.54) is 35.2 Å². The molecule has 1 unspecified atom stereocenters. The lowest BCUT2D eigenvalue weighted by Crippen LogP contribution is -2.46. The molecule has 1 fully saturated rings. The fourth-order valence-corrected chi connectivity index (χ4v) is 3.64. The smallest absolute Gasteiger partial charge is 0.338 e. The van der Waals surface area contributed by atoms with Crippen molar-refractivity contribution in [1.82, 2.24) is 4.90 Å². The molecule has 1 aliphatic heterocycles. The van der Waals surface area contributed by atoms with Crippen LogP contribution in [0.5, 0.6) is 0 Å². The van der Waals surface area contributed by atoms with Gasteiger partial charge < -0.3 is 9.64 Å². The molecule has 0 aliphatic carbocycles. The quantitative estimate of drug-likeness (QED) is 0.347. The molecule has 0 aromatic heterocycles. The number of amides is 3. The fraction of sp³-hybridized carbons (Fsp3) is 0.250. The Kier molecular flexibility index (Phi) is 7.43. The third-order valence-corrected chi connectivity index (χ3v) is 5.30. The molecule has 166 valence electrons. The number of carbonyl (C=O) groups excluding carboxylic acids is 4. The van der Waals surface area contributed by atoms with Crippen molar-refractivity contribution in [3.8, 4) is 0 Å². The molecule has 1 saturated heterocycles. The molecule has 3 rings (SSSR count). The van der Waals surface area contributed by atoms with Crippen LogP contribution in [-0.4, -0.2) is 47.8 Å². The van der Waals surface area contributed by atoms with Gasteiger partial charge in [-0.2, -0.15) is 0 Å². The van der Waals surface area contributed by atoms with Gasteiger partial charge in [-0.3, -0.25) is 14.4 Å². The van der Waals surface area contributed by atoms with E-state index in [9.17, 15) is 19.2 Å². The Hall–Kier alpha value is -3.45. The molecular formula is C24H23ClN2O5. The van der Waals surface area contributed by atoms with Crippen LogP contribution in [0.3, 0.4) is 0 Å². The Morgan fingerprint density at radius 1 is 1.16 bits per heavy atom. The maximum atomic E-state index is 13.1. The molecule has 1 aliphatic rings. The van der Waals surface area contributed by atoms with Crippen molar-refractivity contribution in [3.63, 3.8) is 0 Å². The number of imide groups is 1. The lowest BCUT2D eigenvalue weighted by molar-refractivity contribution is -0.137. The van der Waals surface area contributed by atoms with Gasteiger partial charge in [0.15, 0.2) is 0 Å². The number of benzene rings is 2. The van der Waals surface area contributed by atoms with E-state index in [0.717, 1.165) is 10.5 Å². The standard InChI is InChI=1S/C24H23ClN2O5/c1-3-13-26(21(28)14-16-5-9-18(25)10-6-16)20-15-22(29)27(23(20)30)19-11-7-17(8-12-19)24(31)32-4-2/h3,5-12,20H,1,4,13-15H2,2H3. The first-order valence-electron chi connectivity index (χ1n) is 10.1. The summed E-state index contributed by atoms with van der Waals surface area (Å²) in [6.07, 6.45) is 1.46. The highest BCUT2D eigenvalue weighted by atomic mass is 35.5. The van der Waals surface area contributed by atoms with E-state index in [1.54, 1.807) is 31.2 Å². The summed E-state index contributed by atoms with van der Waals surface area (Å²) in [5.74, 6) is -1.69. The second-order valence-electron chi connectivity index (χ2n) is 7.19. The summed E-state index contributed by atoms with van der Waals surface area (Å²) in [7, 11) is 0. The van der Waals surface area contributed by atoms with Crippen LogP contribution in [0, 0.1) is 0 Å². The summed E-state index contributed by atoms with van der Waals surface area (Å²) in [5, 5.41) is 0.560. The van der Waals surface area contributed by atoms with E-state index in [-0.39, 0.29) is 31.9 Å². The highest BCUT2D eigenvalue weighted by Crippen LogP contribution is 2.27. The molecule has 0 N–H and O–H groups in total. The average molecular weight is 455 g/mol. The Morgan fingerprint density at radius 2 is 1.81 bits per heavy atom. The monoisotopic (exact) mass is 454 g/mol. The van der Waals surface area contributed by atoms with Crippen LogP contribution in [0.15, 0.2) is 61.2 Å². The second kappa shape index (κ2) is 10.2. The number of hydrogen-bond acceptors (Lipinski definition) is 5. The first kappa shape index (κ1) is 23.2. The van der Waals surface area contributed by atoms with Crippen LogP contribution in [0.1, 0.15) is 29.3 Å². The van der Waals surface area contributed by atoms with Crippen molar-refractivity contribution in [1.29, 1.82) is 0 Å². The zero-order chi connectivity index (χ0) is 23.3. The van der Waals surface area contributed by atoms with Crippen LogP contribution >= 0.6 is 11.6 Å². The highest BCUT2D eigenvalue weighted by molar-refractivity contribution is 6.30. The first-order valence-corrected chi connectivity index (χ1v) is 10.5. The number of carbonyl (C=O) groups is 4. The van der Waals surface area contributed by atoms with Crippen LogP contribution in [0.25, 0.3) is 0 Å². The van der Waals surface area contributed by atoms with Crippen molar-refractivity contribution in [3.05, 3.63) is 77.3 Å². The van der Waals surface area contributed by atoms with Crippen molar-refractivity contribution in [2.24, 2.45) is 0 Å². The molecule has 0 bridgehead atoms. The molecule has 2 aromatic carbocycles. The highest BCUT2D eigenvalue weighted by Gasteiger charge is 2.44. The molecule has 0 spiro atoms. The molecule has 0 radical (unpaired) electrons. The average Bonchev–Trinajstić information content (AvgIpc) is 3.07. The third-order valence-electron chi connectivity index (χ3n) is 5.05. The van der Waals surface area contributed by atoms with Gasteiger partial charge in [0.2, 0.25) is 11.8 Å². The maximum absolute atomic E-state index is 13.1. The lowest BCUT2D eigenvalue weighted by atomic mass is 10.1. The summed E-state index contributed by atoms with van der Waals surface area (Å²) in [5.41, 5.74) is 1.40. The lowest BCUT2D eigenvalue weighted by Gasteiger charge is -2.26. The van der Waals surface area contributed by atoms with Gasteiger partial charge in [-0.15, -0.1) is 6.58 Å². The summed E-state index contributed by atoms with van der Waals surface area (Å²) >= 11 is 5.89. The van der Waals surface area contributed by atoms with Crippen LogP contribution in [0.4, 0.5) is 5.69 Å². The van der Waals surface area contributed by atoms with Crippen LogP contribution in [0.2, 0.25) is 5.02 Å². The van der Waals surface area contributed by atoms with Gasteiger partial charge in [0.1, 0.15) is 6.04 Å². The van der Waals surface area contributed by atoms with Gasteiger partial charge in [-0.1, -0.05) is 29.8 Å². The molecule has 3 amide bonds. The van der Waals surface area contributed by atoms with E-state index in [2.05, 4.69) is 6.58 Å². The van der Waals surface area contributed by atoms with E-state index >= 15 is 0 Å². The number of hydrogen-bond donors (Lipinski definition) is 0. The van der Waals surface area contributed by atoms with Gasteiger partial charge in [-0.05, 0) is 48.9 Å². The Bertz CT molecular complexity index is 1030.